The van der Waals surface area contributed by atoms with E-state index in [-0.39, 0.29) is 32.1 Å². The molecular formula is C18H19F2N3O4. The summed E-state index contributed by atoms with van der Waals surface area (Å²) in [5.41, 5.74) is 1.67. The van der Waals surface area contributed by atoms with Crippen LogP contribution in [-0.4, -0.2) is 46.8 Å². The van der Waals surface area contributed by atoms with E-state index >= 15 is 0 Å². The summed E-state index contributed by atoms with van der Waals surface area (Å²) < 4.78 is 36.5. The second-order valence-electron chi connectivity index (χ2n) is 6.81. The smallest absolute Gasteiger partial charge is 0.377 e. The van der Waals surface area contributed by atoms with Gasteiger partial charge in [0.2, 0.25) is 5.76 Å². The number of piperidine rings is 1. The Morgan fingerprint density at radius 3 is 2.81 bits per heavy atom. The topological polar surface area (TPSA) is 88.7 Å². The van der Waals surface area contributed by atoms with E-state index in [0.29, 0.717) is 23.6 Å². The Labute approximate surface area is 153 Å². The highest BCUT2D eigenvalue weighted by Gasteiger charge is 2.71. The van der Waals surface area contributed by atoms with Crippen molar-refractivity contribution >= 4 is 11.8 Å². The molecule has 2 unspecified atom stereocenters. The number of fused-ring (bicyclic) bond motifs is 1. The molecule has 9 heteroatoms. The summed E-state index contributed by atoms with van der Waals surface area (Å²) in [5, 5.41) is 13.5. The van der Waals surface area contributed by atoms with E-state index in [1.807, 2.05) is 4.90 Å². The SMILES string of the molecule is CCOC(=O)c1cc(Cc2ccc(N3CC4C(C3)C4(F)F)nc2CO)no1. The van der Waals surface area contributed by atoms with Crippen molar-refractivity contribution in [2.45, 2.75) is 25.9 Å². The van der Waals surface area contributed by atoms with Crippen LogP contribution in [0.25, 0.3) is 0 Å². The van der Waals surface area contributed by atoms with Gasteiger partial charge in [-0.05, 0) is 18.6 Å². The van der Waals surface area contributed by atoms with Gasteiger partial charge in [-0.1, -0.05) is 11.2 Å². The molecular weight excluding hydrogens is 360 g/mol. The zero-order valence-corrected chi connectivity index (χ0v) is 14.7. The van der Waals surface area contributed by atoms with Gasteiger partial charge in [0.25, 0.3) is 5.92 Å². The summed E-state index contributed by atoms with van der Waals surface area (Å²) in [5.74, 6) is -3.71. The van der Waals surface area contributed by atoms with Crippen LogP contribution in [-0.2, 0) is 17.8 Å². The number of nitrogens with zero attached hydrogens (tertiary/aromatic N) is 3. The van der Waals surface area contributed by atoms with Crippen molar-refractivity contribution in [3.8, 4) is 0 Å². The van der Waals surface area contributed by atoms with Crippen LogP contribution in [0.15, 0.2) is 22.7 Å². The van der Waals surface area contributed by atoms with Gasteiger partial charge in [-0.3, -0.25) is 0 Å². The molecule has 0 spiro atoms. The molecule has 1 aliphatic carbocycles. The van der Waals surface area contributed by atoms with Gasteiger partial charge in [-0.25, -0.2) is 18.6 Å². The molecule has 4 rings (SSSR count). The van der Waals surface area contributed by atoms with Gasteiger partial charge in [0, 0.05) is 25.6 Å². The average molecular weight is 379 g/mol. The first-order chi connectivity index (χ1) is 12.9. The maximum absolute atomic E-state index is 13.4. The third-order valence-electron chi connectivity index (χ3n) is 5.13. The monoisotopic (exact) mass is 379 g/mol. The number of hydrogen-bond acceptors (Lipinski definition) is 7. The second-order valence-corrected chi connectivity index (χ2v) is 6.81. The lowest BCUT2D eigenvalue weighted by molar-refractivity contribution is 0.0479. The Bertz CT molecular complexity index is 856. The van der Waals surface area contributed by atoms with Gasteiger partial charge in [0.1, 0.15) is 5.82 Å². The number of carbonyl (C=O) groups excluding carboxylic acids is 1. The van der Waals surface area contributed by atoms with Crippen LogP contribution in [0.1, 0.15) is 34.4 Å². The van der Waals surface area contributed by atoms with E-state index in [1.165, 1.54) is 6.07 Å². The molecule has 3 heterocycles. The number of ether oxygens (including phenoxy) is 1. The Morgan fingerprint density at radius 2 is 2.15 bits per heavy atom. The lowest BCUT2D eigenvalue weighted by Gasteiger charge is -2.22. The molecule has 27 heavy (non-hydrogen) atoms. The lowest BCUT2D eigenvalue weighted by atomic mass is 10.1. The van der Waals surface area contributed by atoms with Crippen molar-refractivity contribution in [3.05, 3.63) is 40.9 Å². The molecule has 2 atom stereocenters. The summed E-state index contributed by atoms with van der Waals surface area (Å²) in [6.45, 7) is 2.20. The standard InChI is InChI=1S/C18H19F2N3O4/c1-2-26-17(25)15-6-11(22-27-15)5-10-3-4-16(21-14(10)9-24)23-7-12-13(8-23)18(12,19)20/h3-4,6,12-13,24H,2,5,7-9H2,1H3. The molecule has 2 aromatic rings. The lowest BCUT2D eigenvalue weighted by Crippen LogP contribution is -2.28. The largest absolute Gasteiger partial charge is 0.460 e. The quantitative estimate of drug-likeness (QED) is 0.768. The number of anilines is 1. The van der Waals surface area contributed by atoms with Crippen molar-refractivity contribution in [3.63, 3.8) is 0 Å². The molecule has 0 bridgehead atoms. The summed E-state index contributed by atoms with van der Waals surface area (Å²) in [6, 6.07) is 5.03. The third-order valence-corrected chi connectivity index (χ3v) is 5.13. The van der Waals surface area contributed by atoms with E-state index in [9.17, 15) is 18.7 Å². The minimum absolute atomic E-state index is 0.0131. The van der Waals surface area contributed by atoms with Crippen LogP contribution in [0.4, 0.5) is 14.6 Å². The zero-order valence-electron chi connectivity index (χ0n) is 14.7. The fourth-order valence-electron chi connectivity index (χ4n) is 3.58. The molecule has 1 aliphatic heterocycles. The zero-order chi connectivity index (χ0) is 19.2. The molecule has 1 saturated heterocycles. The fraction of sp³-hybridized carbons (Fsp3) is 0.500. The molecule has 2 aliphatic rings. The minimum Gasteiger partial charge on any atom is -0.460 e. The molecule has 2 aromatic heterocycles. The van der Waals surface area contributed by atoms with E-state index in [4.69, 9.17) is 9.26 Å². The molecule has 1 saturated carbocycles. The Balaban J connectivity index is 1.47. The average Bonchev–Trinajstić information content (AvgIpc) is 3.11. The van der Waals surface area contributed by atoms with Gasteiger partial charge in [0.05, 0.1) is 36.4 Å². The molecule has 1 N–H and O–H groups in total. The van der Waals surface area contributed by atoms with E-state index < -0.39 is 23.7 Å². The molecule has 0 aromatic carbocycles. The number of halogens is 2. The molecule has 0 radical (unpaired) electrons. The fourth-order valence-corrected chi connectivity index (χ4v) is 3.58. The van der Waals surface area contributed by atoms with Gasteiger partial charge in [0.15, 0.2) is 0 Å². The van der Waals surface area contributed by atoms with E-state index in [0.717, 1.165) is 5.56 Å². The van der Waals surface area contributed by atoms with Crippen LogP contribution in [0.2, 0.25) is 0 Å². The molecule has 144 valence electrons. The van der Waals surface area contributed by atoms with Crippen LogP contribution < -0.4 is 4.90 Å². The first-order valence-corrected chi connectivity index (χ1v) is 8.79. The highest BCUT2D eigenvalue weighted by molar-refractivity contribution is 5.86. The van der Waals surface area contributed by atoms with Crippen LogP contribution in [0.5, 0.6) is 0 Å². The summed E-state index contributed by atoms with van der Waals surface area (Å²) in [7, 11) is 0. The Kier molecular flexibility index (Phi) is 4.33. The van der Waals surface area contributed by atoms with Crippen molar-refractivity contribution in [2.75, 3.05) is 24.6 Å². The summed E-state index contributed by atoms with van der Waals surface area (Å²) >= 11 is 0. The van der Waals surface area contributed by atoms with Gasteiger partial charge in [-0.2, -0.15) is 0 Å². The predicted octanol–water partition coefficient (Wildman–Crippen LogP) is 2.03. The van der Waals surface area contributed by atoms with Crippen molar-refractivity contribution < 1.29 is 27.9 Å². The number of carbonyl (C=O) groups is 1. The minimum atomic E-state index is -2.54. The van der Waals surface area contributed by atoms with Crippen molar-refractivity contribution in [2.24, 2.45) is 11.8 Å². The number of pyridine rings is 1. The summed E-state index contributed by atoms with van der Waals surface area (Å²) in [4.78, 5) is 17.9. The number of rotatable bonds is 6. The highest BCUT2D eigenvalue weighted by atomic mass is 19.3. The van der Waals surface area contributed by atoms with Gasteiger partial charge in [-0.15, -0.1) is 0 Å². The molecule has 2 fully saturated rings. The summed E-state index contributed by atoms with van der Waals surface area (Å²) in [6.07, 6.45) is 0.315. The number of aromatic nitrogens is 2. The molecule has 0 amide bonds. The first-order valence-electron chi connectivity index (χ1n) is 8.79. The van der Waals surface area contributed by atoms with Crippen molar-refractivity contribution in [1.29, 1.82) is 0 Å². The Morgan fingerprint density at radius 1 is 1.41 bits per heavy atom. The van der Waals surface area contributed by atoms with Crippen LogP contribution in [0.3, 0.4) is 0 Å². The van der Waals surface area contributed by atoms with E-state index in [1.54, 1.807) is 19.1 Å². The van der Waals surface area contributed by atoms with Crippen LogP contribution in [0, 0.1) is 11.8 Å². The second kappa shape index (κ2) is 6.56. The van der Waals surface area contributed by atoms with E-state index in [2.05, 4.69) is 10.1 Å². The predicted molar refractivity (Wildman–Crippen MR) is 89.6 cm³/mol. The van der Waals surface area contributed by atoms with Gasteiger partial charge < -0.3 is 19.3 Å². The number of aliphatic hydroxyl groups excluding tert-OH is 1. The Hall–Kier alpha value is -2.55. The number of hydrogen-bond donors (Lipinski definition) is 1. The third kappa shape index (κ3) is 3.16. The number of esters is 1. The maximum atomic E-state index is 13.4. The highest BCUT2D eigenvalue weighted by Crippen LogP contribution is 2.59. The normalized spacial score (nSPS) is 22.6. The van der Waals surface area contributed by atoms with Crippen LogP contribution >= 0.6 is 0 Å². The first kappa shape index (κ1) is 17.8. The number of aliphatic hydroxyl groups is 1. The maximum Gasteiger partial charge on any atom is 0.377 e. The number of alkyl halides is 2. The van der Waals surface area contributed by atoms with Crippen molar-refractivity contribution in [1.82, 2.24) is 10.1 Å². The van der Waals surface area contributed by atoms with Gasteiger partial charge >= 0.3 is 5.97 Å². The molecule has 7 nitrogen and oxygen atoms in total.